The van der Waals surface area contributed by atoms with Crippen LogP contribution in [0.2, 0.25) is 4.34 Å². The molecule has 3 heterocycles. The minimum absolute atomic E-state index is 0.160. The van der Waals surface area contributed by atoms with Gasteiger partial charge in [-0.3, -0.25) is 9.69 Å². The van der Waals surface area contributed by atoms with Crippen molar-refractivity contribution in [3.8, 4) is 0 Å². The number of thiophene rings is 1. The highest BCUT2D eigenvalue weighted by molar-refractivity contribution is 7.91. The van der Waals surface area contributed by atoms with Gasteiger partial charge in [-0.15, -0.1) is 11.3 Å². The van der Waals surface area contributed by atoms with Crippen molar-refractivity contribution >= 4 is 38.9 Å². The molecular weight excluding hydrogens is 382 g/mol. The second kappa shape index (κ2) is 7.92. The van der Waals surface area contributed by atoms with Crippen molar-refractivity contribution in [2.75, 3.05) is 45.8 Å². The zero-order chi connectivity index (χ0) is 18.0. The number of hydrogen-bond acceptors (Lipinski definition) is 5. The third-order valence-corrected chi connectivity index (χ3v) is 8.44. The summed E-state index contributed by atoms with van der Waals surface area (Å²) in [7, 11) is -3.48. The molecule has 2 aliphatic heterocycles. The number of amides is 1. The second-order valence-electron chi connectivity index (χ2n) is 6.83. The Bertz CT molecular complexity index is 714. The fraction of sp³-hybridized carbons (Fsp3) is 0.688. The molecule has 0 N–H and O–H groups in total. The lowest BCUT2D eigenvalue weighted by Gasteiger charge is -2.36. The van der Waals surface area contributed by atoms with E-state index in [4.69, 9.17) is 11.6 Å². The highest BCUT2D eigenvalue weighted by Gasteiger charge is 2.31. The van der Waals surface area contributed by atoms with Crippen molar-refractivity contribution in [3.05, 3.63) is 16.5 Å². The summed E-state index contributed by atoms with van der Waals surface area (Å²) in [6.07, 6.45) is 2.26. The SMILES string of the molecule is C[C@@H]1CCCN(C(=O)CN2CCN(S(=O)(=O)c3ccc(Cl)s3)CC2)C1. The third-order valence-electron chi connectivity index (χ3n) is 4.84. The number of likely N-dealkylation sites (tertiary alicyclic amines) is 1. The maximum Gasteiger partial charge on any atom is 0.252 e. The maximum atomic E-state index is 12.6. The lowest BCUT2D eigenvalue weighted by atomic mass is 10.0. The van der Waals surface area contributed by atoms with Gasteiger partial charge in [-0.2, -0.15) is 4.31 Å². The van der Waals surface area contributed by atoms with E-state index in [1.165, 1.54) is 10.7 Å². The van der Waals surface area contributed by atoms with Gasteiger partial charge in [-0.1, -0.05) is 18.5 Å². The van der Waals surface area contributed by atoms with Gasteiger partial charge in [0.25, 0.3) is 10.0 Å². The lowest BCUT2D eigenvalue weighted by molar-refractivity contribution is -0.134. The zero-order valence-electron chi connectivity index (χ0n) is 14.4. The molecule has 140 valence electrons. The summed E-state index contributed by atoms with van der Waals surface area (Å²) in [5, 5.41) is 0. The van der Waals surface area contributed by atoms with Crippen molar-refractivity contribution in [2.45, 2.75) is 24.0 Å². The third kappa shape index (κ3) is 4.54. The Morgan fingerprint density at radius 1 is 1.24 bits per heavy atom. The van der Waals surface area contributed by atoms with E-state index < -0.39 is 10.0 Å². The molecule has 0 bridgehead atoms. The minimum Gasteiger partial charge on any atom is -0.341 e. The van der Waals surface area contributed by atoms with Gasteiger partial charge in [-0.25, -0.2) is 8.42 Å². The summed E-state index contributed by atoms with van der Waals surface area (Å²) in [4.78, 5) is 16.5. The van der Waals surface area contributed by atoms with Crippen molar-refractivity contribution in [1.29, 1.82) is 0 Å². The summed E-state index contributed by atoms with van der Waals surface area (Å²) >= 11 is 6.94. The fourth-order valence-electron chi connectivity index (χ4n) is 3.40. The molecule has 2 saturated heterocycles. The molecule has 0 aliphatic carbocycles. The molecule has 2 aliphatic rings. The van der Waals surface area contributed by atoms with Crippen LogP contribution in [0.4, 0.5) is 0 Å². The van der Waals surface area contributed by atoms with Gasteiger partial charge in [0.05, 0.1) is 10.9 Å². The standard InChI is InChI=1S/C16H24ClN3O3S2/c1-13-3-2-6-19(11-13)15(21)12-18-7-9-20(10-8-18)25(22,23)16-5-4-14(17)24-16/h4-5,13H,2-3,6-12H2,1H3/t13-/m1/s1. The molecule has 0 aromatic carbocycles. The summed E-state index contributed by atoms with van der Waals surface area (Å²) in [6.45, 7) is 6.21. The molecule has 1 aromatic rings. The van der Waals surface area contributed by atoms with Crippen LogP contribution in [0.5, 0.6) is 0 Å². The van der Waals surface area contributed by atoms with Gasteiger partial charge in [0, 0.05) is 39.3 Å². The lowest BCUT2D eigenvalue weighted by Crippen LogP contribution is -2.52. The Labute approximate surface area is 158 Å². The molecule has 0 saturated carbocycles. The molecule has 0 spiro atoms. The molecule has 0 radical (unpaired) electrons. The van der Waals surface area contributed by atoms with Crippen LogP contribution in [0.1, 0.15) is 19.8 Å². The van der Waals surface area contributed by atoms with Gasteiger partial charge < -0.3 is 4.90 Å². The Balaban J connectivity index is 1.52. The summed E-state index contributed by atoms with van der Waals surface area (Å²) in [6, 6.07) is 3.16. The number of carbonyl (C=O) groups excluding carboxylic acids is 1. The van der Waals surface area contributed by atoms with E-state index >= 15 is 0 Å². The van der Waals surface area contributed by atoms with E-state index in [0.29, 0.717) is 43.0 Å². The largest absolute Gasteiger partial charge is 0.341 e. The van der Waals surface area contributed by atoms with Crippen LogP contribution in [0.25, 0.3) is 0 Å². The van der Waals surface area contributed by atoms with Gasteiger partial charge >= 0.3 is 0 Å². The average Bonchev–Trinajstić information content (AvgIpc) is 3.03. The molecule has 0 unspecified atom stereocenters. The van der Waals surface area contributed by atoms with E-state index in [2.05, 4.69) is 11.8 Å². The molecule has 25 heavy (non-hydrogen) atoms. The molecule has 1 amide bonds. The Kier molecular flexibility index (Phi) is 6.05. The van der Waals surface area contributed by atoms with Gasteiger partial charge in [0.15, 0.2) is 0 Å². The number of hydrogen-bond donors (Lipinski definition) is 0. The molecule has 3 rings (SSSR count). The molecule has 1 atom stereocenters. The first-order valence-corrected chi connectivity index (χ1v) is 11.3. The number of rotatable bonds is 4. The van der Waals surface area contributed by atoms with Gasteiger partial charge in [0.2, 0.25) is 5.91 Å². The highest BCUT2D eigenvalue weighted by atomic mass is 35.5. The minimum atomic E-state index is -3.48. The van der Waals surface area contributed by atoms with Crippen molar-refractivity contribution < 1.29 is 13.2 Å². The van der Waals surface area contributed by atoms with E-state index in [9.17, 15) is 13.2 Å². The Morgan fingerprint density at radius 2 is 1.96 bits per heavy atom. The zero-order valence-corrected chi connectivity index (χ0v) is 16.7. The number of halogens is 1. The number of piperidine rings is 1. The van der Waals surface area contributed by atoms with Crippen LogP contribution in [-0.2, 0) is 14.8 Å². The first-order valence-electron chi connectivity index (χ1n) is 8.62. The molecular formula is C16H24ClN3O3S2. The van der Waals surface area contributed by atoms with Gasteiger partial charge in [0.1, 0.15) is 4.21 Å². The van der Waals surface area contributed by atoms with Crippen LogP contribution < -0.4 is 0 Å². The van der Waals surface area contributed by atoms with Crippen molar-refractivity contribution in [2.24, 2.45) is 5.92 Å². The first-order chi connectivity index (χ1) is 11.9. The number of piperazine rings is 1. The maximum absolute atomic E-state index is 12.6. The van der Waals surface area contributed by atoms with E-state index in [0.717, 1.165) is 30.8 Å². The Hall–Kier alpha value is -0.670. The Morgan fingerprint density at radius 3 is 2.56 bits per heavy atom. The smallest absolute Gasteiger partial charge is 0.252 e. The average molecular weight is 406 g/mol. The summed E-state index contributed by atoms with van der Waals surface area (Å²) in [5.74, 6) is 0.727. The predicted octanol–water partition coefficient (Wildman–Crippen LogP) is 1.97. The number of sulfonamides is 1. The van der Waals surface area contributed by atoms with Crippen molar-refractivity contribution in [1.82, 2.24) is 14.1 Å². The van der Waals surface area contributed by atoms with Crippen LogP contribution in [0.3, 0.4) is 0 Å². The topological polar surface area (TPSA) is 60.9 Å². The number of carbonyl (C=O) groups is 1. The van der Waals surface area contributed by atoms with E-state index in [1.54, 1.807) is 12.1 Å². The van der Waals surface area contributed by atoms with Crippen LogP contribution >= 0.6 is 22.9 Å². The van der Waals surface area contributed by atoms with E-state index in [-0.39, 0.29) is 10.1 Å². The molecule has 6 nitrogen and oxygen atoms in total. The predicted molar refractivity (Wildman–Crippen MR) is 99.5 cm³/mol. The monoisotopic (exact) mass is 405 g/mol. The van der Waals surface area contributed by atoms with Crippen LogP contribution in [0.15, 0.2) is 16.3 Å². The fourth-order valence-corrected chi connectivity index (χ4v) is 6.46. The molecule has 1 aromatic heterocycles. The molecule has 2 fully saturated rings. The quantitative estimate of drug-likeness (QED) is 0.768. The summed E-state index contributed by atoms with van der Waals surface area (Å²) < 4.78 is 27.4. The molecule has 9 heteroatoms. The number of nitrogens with zero attached hydrogens (tertiary/aromatic N) is 3. The normalized spacial score (nSPS) is 23.8. The van der Waals surface area contributed by atoms with E-state index in [1.807, 2.05) is 4.90 Å². The second-order valence-corrected chi connectivity index (χ2v) is 10.7. The van der Waals surface area contributed by atoms with Gasteiger partial charge in [-0.05, 0) is 30.9 Å². The van der Waals surface area contributed by atoms with Crippen LogP contribution in [0, 0.1) is 5.92 Å². The van der Waals surface area contributed by atoms with Crippen LogP contribution in [-0.4, -0.2) is 74.2 Å². The van der Waals surface area contributed by atoms with Crippen molar-refractivity contribution in [3.63, 3.8) is 0 Å². The first kappa shape index (κ1) is 19.1. The highest BCUT2D eigenvalue weighted by Crippen LogP contribution is 2.28. The summed E-state index contributed by atoms with van der Waals surface area (Å²) in [5.41, 5.74) is 0.